The Morgan fingerprint density at radius 2 is 2.04 bits per heavy atom. The summed E-state index contributed by atoms with van der Waals surface area (Å²) in [6.45, 7) is 2.21. The van der Waals surface area contributed by atoms with Crippen LogP contribution >= 0.6 is 11.6 Å². The quantitative estimate of drug-likeness (QED) is 0.894. The first-order valence-corrected chi connectivity index (χ1v) is 7.64. The summed E-state index contributed by atoms with van der Waals surface area (Å²) in [4.78, 5) is 25.3. The number of benzene rings is 1. The Morgan fingerprint density at radius 3 is 2.70 bits per heavy atom. The number of halogens is 1. The van der Waals surface area contributed by atoms with Gasteiger partial charge in [-0.3, -0.25) is 9.59 Å². The van der Waals surface area contributed by atoms with Crippen LogP contribution in [-0.2, 0) is 11.3 Å². The summed E-state index contributed by atoms with van der Waals surface area (Å²) >= 11 is 5.64. The minimum atomic E-state index is -0.311. The summed E-state index contributed by atoms with van der Waals surface area (Å²) in [7, 11) is 0. The monoisotopic (exact) mass is 333 g/mol. The Bertz CT molecular complexity index is 712. The summed E-state index contributed by atoms with van der Waals surface area (Å²) in [6.07, 6.45) is 0. The van der Waals surface area contributed by atoms with Gasteiger partial charge in [-0.1, -0.05) is 12.1 Å². The number of amides is 2. The molecule has 120 valence electrons. The molecule has 1 aromatic carbocycles. The lowest BCUT2D eigenvalue weighted by atomic mass is 10.2. The SMILES string of the molecule is O=C1CN(c2ccc(CNC(=O)c3ccc(Cl)o3)cc2)CCN1. The lowest BCUT2D eigenvalue weighted by Crippen LogP contribution is -2.47. The molecular weight excluding hydrogens is 318 g/mol. The molecule has 2 N–H and O–H groups in total. The van der Waals surface area contributed by atoms with Crippen LogP contribution in [0.4, 0.5) is 5.69 Å². The van der Waals surface area contributed by atoms with Gasteiger partial charge in [-0.2, -0.15) is 0 Å². The molecule has 6 nitrogen and oxygen atoms in total. The van der Waals surface area contributed by atoms with E-state index in [4.69, 9.17) is 16.0 Å². The van der Waals surface area contributed by atoms with Crippen molar-refractivity contribution in [1.82, 2.24) is 10.6 Å². The second-order valence-corrected chi connectivity index (χ2v) is 5.60. The third kappa shape index (κ3) is 3.84. The van der Waals surface area contributed by atoms with Crippen molar-refractivity contribution in [2.75, 3.05) is 24.5 Å². The second-order valence-electron chi connectivity index (χ2n) is 5.22. The average Bonchev–Trinajstić information content (AvgIpc) is 3.00. The number of piperazine rings is 1. The lowest BCUT2D eigenvalue weighted by molar-refractivity contribution is -0.120. The number of rotatable bonds is 4. The molecule has 2 heterocycles. The number of nitrogens with one attached hydrogen (secondary N) is 2. The van der Waals surface area contributed by atoms with Crippen molar-refractivity contribution in [3.8, 4) is 0 Å². The van der Waals surface area contributed by atoms with Gasteiger partial charge in [-0.05, 0) is 41.4 Å². The molecule has 0 unspecified atom stereocenters. The van der Waals surface area contributed by atoms with E-state index in [1.165, 1.54) is 12.1 Å². The first-order chi connectivity index (χ1) is 11.1. The molecule has 1 fully saturated rings. The van der Waals surface area contributed by atoms with E-state index in [1.54, 1.807) is 0 Å². The molecule has 0 radical (unpaired) electrons. The number of hydrogen-bond donors (Lipinski definition) is 2. The van der Waals surface area contributed by atoms with Gasteiger partial charge >= 0.3 is 0 Å². The van der Waals surface area contributed by atoms with Crippen LogP contribution in [0.3, 0.4) is 0 Å². The average molecular weight is 334 g/mol. The molecule has 2 amide bonds. The maximum absolute atomic E-state index is 11.9. The van der Waals surface area contributed by atoms with Crippen molar-refractivity contribution in [2.24, 2.45) is 0 Å². The van der Waals surface area contributed by atoms with Crippen LogP contribution in [0.1, 0.15) is 16.1 Å². The fraction of sp³-hybridized carbons (Fsp3) is 0.250. The maximum Gasteiger partial charge on any atom is 0.287 e. The van der Waals surface area contributed by atoms with Gasteiger partial charge < -0.3 is 20.0 Å². The zero-order valence-corrected chi connectivity index (χ0v) is 13.1. The Kier molecular flexibility index (Phi) is 4.52. The van der Waals surface area contributed by atoms with E-state index in [0.29, 0.717) is 19.6 Å². The van der Waals surface area contributed by atoms with E-state index >= 15 is 0 Å². The van der Waals surface area contributed by atoms with Gasteiger partial charge in [-0.25, -0.2) is 0 Å². The van der Waals surface area contributed by atoms with Crippen LogP contribution in [-0.4, -0.2) is 31.4 Å². The van der Waals surface area contributed by atoms with Crippen molar-refractivity contribution in [2.45, 2.75) is 6.54 Å². The van der Waals surface area contributed by atoms with E-state index < -0.39 is 0 Å². The van der Waals surface area contributed by atoms with Crippen LogP contribution < -0.4 is 15.5 Å². The van der Waals surface area contributed by atoms with Gasteiger partial charge in [0, 0.05) is 25.3 Å². The number of hydrogen-bond acceptors (Lipinski definition) is 4. The molecule has 7 heteroatoms. The van der Waals surface area contributed by atoms with Crippen molar-refractivity contribution in [3.63, 3.8) is 0 Å². The summed E-state index contributed by atoms with van der Waals surface area (Å²) < 4.78 is 5.05. The Morgan fingerprint density at radius 1 is 1.26 bits per heavy atom. The third-order valence-corrected chi connectivity index (χ3v) is 3.79. The fourth-order valence-electron chi connectivity index (χ4n) is 2.39. The van der Waals surface area contributed by atoms with Crippen LogP contribution in [0.15, 0.2) is 40.8 Å². The minimum Gasteiger partial charge on any atom is -0.440 e. The minimum absolute atomic E-state index is 0.0321. The van der Waals surface area contributed by atoms with Gasteiger partial charge in [-0.15, -0.1) is 0 Å². The smallest absolute Gasteiger partial charge is 0.287 e. The Hall–Kier alpha value is -2.47. The predicted octanol–water partition coefficient (Wildman–Crippen LogP) is 1.80. The topological polar surface area (TPSA) is 74.6 Å². The van der Waals surface area contributed by atoms with Gasteiger partial charge in [0.15, 0.2) is 11.0 Å². The van der Waals surface area contributed by atoms with Crippen molar-refractivity contribution in [1.29, 1.82) is 0 Å². The van der Waals surface area contributed by atoms with E-state index in [1.807, 2.05) is 29.2 Å². The van der Waals surface area contributed by atoms with Gasteiger partial charge in [0.1, 0.15) is 0 Å². The van der Waals surface area contributed by atoms with Crippen molar-refractivity contribution < 1.29 is 14.0 Å². The summed E-state index contributed by atoms with van der Waals surface area (Å²) in [5, 5.41) is 5.75. The van der Waals surface area contributed by atoms with Crippen LogP contribution in [0, 0.1) is 0 Å². The lowest BCUT2D eigenvalue weighted by Gasteiger charge is -2.28. The maximum atomic E-state index is 11.9. The molecule has 1 aromatic heterocycles. The number of carbonyl (C=O) groups is 2. The largest absolute Gasteiger partial charge is 0.440 e. The first kappa shape index (κ1) is 15.4. The number of anilines is 1. The zero-order chi connectivity index (χ0) is 16.2. The molecule has 0 spiro atoms. The fourth-order valence-corrected chi connectivity index (χ4v) is 2.54. The van der Waals surface area contributed by atoms with E-state index in [0.717, 1.165) is 17.8 Å². The zero-order valence-electron chi connectivity index (χ0n) is 12.3. The molecule has 0 aliphatic carbocycles. The highest BCUT2D eigenvalue weighted by molar-refractivity contribution is 6.29. The number of furan rings is 1. The molecule has 3 rings (SSSR count). The van der Waals surface area contributed by atoms with Crippen LogP contribution in [0.25, 0.3) is 0 Å². The van der Waals surface area contributed by atoms with Crippen LogP contribution in [0.5, 0.6) is 0 Å². The van der Waals surface area contributed by atoms with Gasteiger partial charge in [0.05, 0.1) is 6.54 Å². The second kappa shape index (κ2) is 6.75. The molecule has 0 bridgehead atoms. The standard InChI is InChI=1S/C16H16ClN3O3/c17-14-6-5-13(23-14)16(22)19-9-11-1-3-12(4-2-11)20-8-7-18-15(21)10-20/h1-6H,7-10H2,(H,18,21)(H,19,22). The molecule has 23 heavy (non-hydrogen) atoms. The number of nitrogens with zero attached hydrogens (tertiary/aromatic N) is 1. The Labute approximate surface area is 138 Å². The molecule has 1 saturated heterocycles. The molecule has 2 aromatic rings. The van der Waals surface area contributed by atoms with Crippen molar-refractivity contribution >= 4 is 29.1 Å². The number of carbonyl (C=O) groups excluding carboxylic acids is 2. The molecule has 0 atom stereocenters. The predicted molar refractivity (Wildman–Crippen MR) is 86.6 cm³/mol. The molecule has 1 aliphatic heterocycles. The Balaban J connectivity index is 1.57. The van der Waals surface area contributed by atoms with Crippen LogP contribution in [0.2, 0.25) is 5.22 Å². The highest BCUT2D eigenvalue weighted by atomic mass is 35.5. The molecule has 1 aliphatic rings. The third-order valence-electron chi connectivity index (χ3n) is 3.59. The first-order valence-electron chi connectivity index (χ1n) is 7.26. The van der Waals surface area contributed by atoms with E-state index in [-0.39, 0.29) is 22.8 Å². The molecular formula is C16H16ClN3O3. The van der Waals surface area contributed by atoms with Crippen molar-refractivity contribution in [3.05, 3.63) is 52.9 Å². The highest BCUT2D eigenvalue weighted by Gasteiger charge is 2.16. The summed E-state index contributed by atoms with van der Waals surface area (Å²) in [5.74, 6) is -0.0932. The summed E-state index contributed by atoms with van der Waals surface area (Å²) in [5.41, 5.74) is 1.95. The van der Waals surface area contributed by atoms with E-state index in [2.05, 4.69) is 10.6 Å². The molecule has 0 saturated carbocycles. The summed E-state index contributed by atoms with van der Waals surface area (Å²) in [6, 6.07) is 10.8. The highest BCUT2D eigenvalue weighted by Crippen LogP contribution is 2.16. The van der Waals surface area contributed by atoms with E-state index in [9.17, 15) is 9.59 Å². The van der Waals surface area contributed by atoms with Gasteiger partial charge in [0.25, 0.3) is 5.91 Å². The normalized spacial score (nSPS) is 14.5. The van der Waals surface area contributed by atoms with Gasteiger partial charge in [0.2, 0.25) is 5.91 Å².